The summed E-state index contributed by atoms with van der Waals surface area (Å²) in [6.45, 7) is 0.448. The molecule has 5 heteroatoms. The molecule has 0 aliphatic rings. The molecule has 0 saturated carbocycles. The Kier molecular flexibility index (Phi) is 2.90. The molecular weight excluding hydrogens is 262 g/mol. The lowest BCUT2D eigenvalue weighted by atomic mass is 10.4. The summed E-state index contributed by atoms with van der Waals surface area (Å²) in [5, 5.41) is 0.901. The van der Waals surface area contributed by atoms with Crippen LogP contribution in [0.5, 0.6) is 0 Å². The third-order valence-corrected chi connectivity index (χ3v) is 3.58. The first-order chi connectivity index (χ1) is 6.81. The Morgan fingerprint density at radius 1 is 1.43 bits per heavy atom. The van der Waals surface area contributed by atoms with Crippen LogP contribution in [0.25, 0.3) is 10.7 Å². The van der Waals surface area contributed by atoms with Gasteiger partial charge in [0.1, 0.15) is 5.01 Å². The minimum absolute atomic E-state index is 0.448. The Hall–Kier alpha value is -0.780. The molecule has 14 heavy (non-hydrogen) atoms. The van der Waals surface area contributed by atoms with Gasteiger partial charge in [0.15, 0.2) is 0 Å². The molecule has 2 aromatic heterocycles. The zero-order chi connectivity index (χ0) is 9.97. The van der Waals surface area contributed by atoms with Crippen LogP contribution in [0.3, 0.4) is 0 Å². The number of rotatable bonds is 2. The average molecular weight is 270 g/mol. The van der Waals surface area contributed by atoms with Crippen molar-refractivity contribution in [3.63, 3.8) is 0 Å². The summed E-state index contributed by atoms with van der Waals surface area (Å²) in [4.78, 5) is 8.61. The van der Waals surface area contributed by atoms with Crippen LogP contribution >= 0.6 is 27.3 Å². The molecule has 2 heterocycles. The fraction of sp³-hybridized carbons (Fsp3) is 0.111. The zero-order valence-electron chi connectivity index (χ0n) is 7.27. The number of hydrogen-bond donors (Lipinski definition) is 1. The highest BCUT2D eigenvalue weighted by molar-refractivity contribution is 9.11. The first-order valence-corrected chi connectivity index (χ1v) is 5.69. The van der Waals surface area contributed by atoms with Gasteiger partial charge in [0.2, 0.25) is 0 Å². The van der Waals surface area contributed by atoms with Crippen LogP contribution < -0.4 is 5.73 Å². The molecule has 0 unspecified atom stereocenters. The molecule has 72 valence electrons. The van der Waals surface area contributed by atoms with Crippen molar-refractivity contribution in [2.45, 2.75) is 6.54 Å². The largest absolute Gasteiger partial charge is 0.325 e. The van der Waals surface area contributed by atoms with E-state index in [0.29, 0.717) is 6.54 Å². The molecule has 0 aromatic carbocycles. The second-order valence-corrected chi connectivity index (χ2v) is 4.98. The summed E-state index contributed by atoms with van der Waals surface area (Å²) >= 11 is 4.98. The second-order valence-electron chi connectivity index (χ2n) is 2.66. The van der Waals surface area contributed by atoms with E-state index in [0.717, 1.165) is 20.2 Å². The van der Waals surface area contributed by atoms with Crippen LogP contribution in [0.2, 0.25) is 0 Å². The lowest BCUT2D eigenvalue weighted by molar-refractivity contribution is 1.00. The quantitative estimate of drug-likeness (QED) is 0.911. The van der Waals surface area contributed by atoms with Gasteiger partial charge >= 0.3 is 0 Å². The average Bonchev–Trinajstić information content (AvgIpc) is 2.61. The number of nitrogens with two attached hydrogens (primary N) is 1. The Morgan fingerprint density at radius 2 is 2.29 bits per heavy atom. The Labute approximate surface area is 94.1 Å². The number of pyridine rings is 1. The normalized spacial score (nSPS) is 10.4. The third-order valence-electron chi connectivity index (χ3n) is 1.73. The smallest absolute Gasteiger partial charge is 0.143 e. The van der Waals surface area contributed by atoms with Gasteiger partial charge in [0, 0.05) is 12.7 Å². The molecule has 2 N–H and O–H groups in total. The number of nitrogens with zero attached hydrogens (tertiary/aromatic N) is 2. The molecule has 0 atom stereocenters. The SMILES string of the molecule is NCc1nc(-c2ccccn2)sc1Br. The van der Waals surface area contributed by atoms with E-state index < -0.39 is 0 Å². The standard InChI is InChI=1S/C9H8BrN3S/c10-8-7(5-11)13-9(14-8)6-3-1-2-4-12-6/h1-4H,5,11H2. The minimum atomic E-state index is 0.448. The molecular formula is C9H8BrN3S. The van der Waals surface area contributed by atoms with E-state index >= 15 is 0 Å². The molecule has 3 nitrogen and oxygen atoms in total. The van der Waals surface area contributed by atoms with Gasteiger partial charge in [-0.3, -0.25) is 4.98 Å². The van der Waals surface area contributed by atoms with Gasteiger partial charge in [-0.15, -0.1) is 11.3 Å². The highest BCUT2D eigenvalue weighted by Crippen LogP contribution is 2.30. The van der Waals surface area contributed by atoms with Crippen LogP contribution in [0.4, 0.5) is 0 Å². The molecule has 0 aliphatic heterocycles. The van der Waals surface area contributed by atoms with Gasteiger partial charge in [-0.05, 0) is 28.1 Å². The van der Waals surface area contributed by atoms with Crippen molar-refractivity contribution >= 4 is 27.3 Å². The van der Waals surface area contributed by atoms with E-state index in [1.54, 1.807) is 17.5 Å². The molecule has 0 radical (unpaired) electrons. The molecule has 2 rings (SSSR count). The first kappa shape index (κ1) is 9.76. The van der Waals surface area contributed by atoms with Crippen molar-refractivity contribution in [3.05, 3.63) is 33.9 Å². The lowest BCUT2D eigenvalue weighted by Gasteiger charge is -1.91. The van der Waals surface area contributed by atoms with Crippen molar-refractivity contribution in [1.29, 1.82) is 0 Å². The molecule has 0 aliphatic carbocycles. The molecule has 0 spiro atoms. The van der Waals surface area contributed by atoms with Crippen molar-refractivity contribution in [1.82, 2.24) is 9.97 Å². The number of halogens is 1. The minimum Gasteiger partial charge on any atom is -0.325 e. The predicted molar refractivity (Wildman–Crippen MR) is 60.9 cm³/mol. The fourth-order valence-corrected chi connectivity index (χ4v) is 2.57. The summed E-state index contributed by atoms with van der Waals surface area (Å²) in [7, 11) is 0. The number of thiazole rings is 1. The van der Waals surface area contributed by atoms with Crippen molar-refractivity contribution < 1.29 is 0 Å². The van der Waals surface area contributed by atoms with Crippen LogP contribution in [-0.4, -0.2) is 9.97 Å². The van der Waals surface area contributed by atoms with Gasteiger partial charge in [-0.2, -0.15) is 0 Å². The number of aromatic nitrogens is 2. The lowest BCUT2D eigenvalue weighted by Crippen LogP contribution is -1.96. The maximum atomic E-state index is 5.54. The topological polar surface area (TPSA) is 51.8 Å². The second kappa shape index (κ2) is 4.16. The summed E-state index contributed by atoms with van der Waals surface area (Å²) in [6, 6.07) is 5.77. The van der Waals surface area contributed by atoms with Gasteiger partial charge in [0.05, 0.1) is 15.2 Å². The molecule has 0 bridgehead atoms. The van der Waals surface area contributed by atoms with Crippen molar-refractivity contribution in [2.75, 3.05) is 0 Å². The Bertz CT molecular complexity index is 427. The Morgan fingerprint density at radius 3 is 2.86 bits per heavy atom. The van der Waals surface area contributed by atoms with Crippen LogP contribution in [-0.2, 0) is 6.54 Å². The van der Waals surface area contributed by atoms with E-state index in [4.69, 9.17) is 5.73 Å². The third kappa shape index (κ3) is 1.84. The van der Waals surface area contributed by atoms with E-state index in [-0.39, 0.29) is 0 Å². The van der Waals surface area contributed by atoms with E-state index in [2.05, 4.69) is 25.9 Å². The molecule has 2 aromatic rings. The summed E-state index contributed by atoms with van der Waals surface area (Å²) < 4.78 is 0.987. The van der Waals surface area contributed by atoms with Gasteiger partial charge < -0.3 is 5.73 Å². The zero-order valence-corrected chi connectivity index (χ0v) is 9.68. The molecule has 0 fully saturated rings. The van der Waals surface area contributed by atoms with E-state index in [1.165, 1.54) is 0 Å². The Balaban J connectivity index is 2.43. The molecule has 0 amide bonds. The predicted octanol–water partition coefficient (Wildman–Crippen LogP) is 2.43. The maximum Gasteiger partial charge on any atom is 0.143 e. The monoisotopic (exact) mass is 269 g/mol. The summed E-state index contributed by atoms with van der Waals surface area (Å²) in [5.41, 5.74) is 7.31. The van der Waals surface area contributed by atoms with Gasteiger partial charge in [-0.25, -0.2) is 4.98 Å². The van der Waals surface area contributed by atoms with Crippen LogP contribution in [0.15, 0.2) is 28.2 Å². The van der Waals surface area contributed by atoms with E-state index in [1.807, 2.05) is 18.2 Å². The van der Waals surface area contributed by atoms with E-state index in [9.17, 15) is 0 Å². The highest BCUT2D eigenvalue weighted by Gasteiger charge is 2.09. The van der Waals surface area contributed by atoms with Crippen LogP contribution in [0.1, 0.15) is 5.69 Å². The first-order valence-electron chi connectivity index (χ1n) is 4.08. The fourth-order valence-electron chi connectivity index (χ4n) is 1.06. The molecule has 0 saturated heterocycles. The van der Waals surface area contributed by atoms with Gasteiger partial charge in [0.25, 0.3) is 0 Å². The van der Waals surface area contributed by atoms with Gasteiger partial charge in [-0.1, -0.05) is 6.07 Å². The van der Waals surface area contributed by atoms with Crippen molar-refractivity contribution in [3.8, 4) is 10.7 Å². The summed E-state index contributed by atoms with van der Waals surface area (Å²) in [5.74, 6) is 0. The highest BCUT2D eigenvalue weighted by atomic mass is 79.9. The summed E-state index contributed by atoms with van der Waals surface area (Å²) in [6.07, 6.45) is 1.76. The van der Waals surface area contributed by atoms with Crippen LogP contribution in [0, 0.1) is 0 Å². The number of hydrogen-bond acceptors (Lipinski definition) is 4. The van der Waals surface area contributed by atoms with Crippen molar-refractivity contribution in [2.24, 2.45) is 5.73 Å². The maximum absolute atomic E-state index is 5.54.